The fraction of sp³-hybridized carbons (Fsp3) is 0.312. The van der Waals surface area contributed by atoms with Crippen molar-refractivity contribution in [2.24, 2.45) is 7.05 Å². The van der Waals surface area contributed by atoms with E-state index in [0.717, 1.165) is 23.9 Å². The van der Waals surface area contributed by atoms with E-state index >= 15 is 0 Å². The molecule has 0 atom stereocenters. The van der Waals surface area contributed by atoms with Gasteiger partial charge in [0.15, 0.2) is 17.3 Å². The zero-order chi connectivity index (χ0) is 17.6. The molecule has 0 unspecified atom stereocenters. The maximum Gasteiger partial charge on any atom is 0.360 e. The van der Waals surface area contributed by atoms with Gasteiger partial charge in [0, 0.05) is 19.3 Å². The number of nitrogen functional groups attached to an aromatic ring is 1. The number of aromatic nitrogens is 5. The third-order valence-electron chi connectivity index (χ3n) is 4.11. The molecule has 1 aliphatic carbocycles. The van der Waals surface area contributed by atoms with Gasteiger partial charge in [0.2, 0.25) is 0 Å². The molecular weight excluding hydrogens is 322 g/mol. The smallest absolute Gasteiger partial charge is 0.360 e. The van der Waals surface area contributed by atoms with Crippen molar-refractivity contribution in [2.75, 3.05) is 18.2 Å². The van der Waals surface area contributed by atoms with E-state index in [-0.39, 0.29) is 11.5 Å². The quantitative estimate of drug-likeness (QED) is 0.684. The summed E-state index contributed by atoms with van der Waals surface area (Å²) < 4.78 is 6.62. The zero-order valence-electron chi connectivity index (χ0n) is 13.9. The number of anilines is 2. The summed E-state index contributed by atoms with van der Waals surface area (Å²) in [6.45, 7) is 0. The fourth-order valence-electron chi connectivity index (χ4n) is 2.62. The van der Waals surface area contributed by atoms with Gasteiger partial charge in [0.1, 0.15) is 11.2 Å². The van der Waals surface area contributed by atoms with Crippen LogP contribution in [0, 0.1) is 0 Å². The van der Waals surface area contributed by atoms with E-state index in [1.54, 1.807) is 18.7 Å². The number of carbonyl (C=O) groups is 1. The minimum Gasteiger partial charge on any atom is -0.464 e. The third kappa shape index (κ3) is 2.63. The first kappa shape index (κ1) is 15.3. The van der Waals surface area contributed by atoms with Crippen LogP contribution in [0.1, 0.15) is 23.3 Å². The molecule has 3 heterocycles. The molecule has 3 aromatic heterocycles. The highest BCUT2D eigenvalue weighted by atomic mass is 16.5. The van der Waals surface area contributed by atoms with Gasteiger partial charge < -0.3 is 20.4 Å². The largest absolute Gasteiger partial charge is 0.464 e. The maximum absolute atomic E-state index is 12.0. The molecule has 128 valence electrons. The van der Waals surface area contributed by atoms with Crippen molar-refractivity contribution in [3.63, 3.8) is 0 Å². The highest BCUT2D eigenvalue weighted by molar-refractivity contribution is 5.97. The van der Waals surface area contributed by atoms with Crippen LogP contribution in [0.15, 0.2) is 18.7 Å². The van der Waals surface area contributed by atoms with Crippen LogP contribution >= 0.6 is 0 Å². The average Bonchev–Trinajstić information content (AvgIpc) is 3.35. The van der Waals surface area contributed by atoms with Crippen molar-refractivity contribution in [2.45, 2.75) is 18.9 Å². The van der Waals surface area contributed by atoms with Gasteiger partial charge in [-0.1, -0.05) is 0 Å². The molecule has 1 fully saturated rings. The Kier molecular flexibility index (Phi) is 3.48. The first-order valence-electron chi connectivity index (χ1n) is 7.86. The predicted molar refractivity (Wildman–Crippen MR) is 91.9 cm³/mol. The lowest BCUT2D eigenvalue weighted by atomic mass is 10.1. The number of nitrogens with zero attached hydrogens (tertiary/aromatic N) is 5. The van der Waals surface area contributed by atoms with Crippen molar-refractivity contribution in [1.82, 2.24) is 24.5 Å². The number of ether oxygens (including phenoxy) is 1. The number of imidazole rings is 1. The van der Waals surface area contributed by atoms with Crippen LogP contribution in [-0.4, -0.2) is 43.6 Å². The van der Waals surface area contributed by atoms with Crippen LogP contribution in [0.5, 0.6) is 0 Å². The normalized spacial score (nSPS) is 13.8. The predicted octanol–water partition coefficient (Wildman–Crippen LogP) is 1.37. The molecule has 3 aromatic rings. The van der Waals surface area contributed by atoms with Gasteiger partial charge in [0.05, 0.1) is 30.7 Å². The summed E-state index contributed by atoms with van der Waals surface area (Å²) in [5.41, 5.74) is 8.63. The van der Waals surface area contributed by atoms with E-state index in [0.29, 0.717) is 23.1 Å². The van der Waals surface area contributed by atoms with E-state index in [9.17, 15) is 4.79 Å². The summed E-state index contributed by atoms with van der Waals surface area (Å²) in [6.07, 6.45) is 7.22. The molecule has 9 heteroatoms. The summed E-state index contributed by atoms with van der Waals surface area (Å²) >= 11 is 0. The number of aryl methyl sites for hydroxylation is 1. The molecule has 4 rings (SSSR count). The Hall–Kier alpha value is -3.23. The Bertz CT molecular complexity index is 978. The third-order valence-corrected chi connectivity index (χ3v) is 4.11. The summed E-state index contributed by atoms with van der Waals surface area (Å²) in [5.74, 6) is -0.0853. The van der Waals surface area contributed by atoms with Crippen molar-refractivity contribution < 1.29 is 9.53 Å². The van der Waals surface area contributed by atoms with Crippen LogP contribution in [0.2, 0.25) is 0 Å². The average molecular weight is 339 g/mol. The lowest BCUT2D eigenvalue weighted by Crippen LogP contribution is -2.15. The molecular formula is C16H17N7O2. The van der Waals surface area contributed by atoms with Gasteiger partial charge in [-0.05, 0) is 12.8 Å². The molecule has 0 radical (unpaired) electrons. The van der Waals surface area contributed by atoms with Gasteiger partial charge in [-0.15, -0.1) is 0 Å². The summed E-state index contributed by atoms with van der Waals surface area (Å²) in [6, 6.07) is 0.340. The van der Waals surface area contributed by atoms with Gasteiger partial charge in [-0.2, -0.15) is 0 Å². The Morgan fingerprint density at radius 2 is 2.16 bits per heavy atom. The van der Waals surface area contributed by atoms with Crippen molar-refractivity contribution in [3.8, 4) is 11.3 Å². The number of hydrogen-bond acceptors (Lipinski definition) is 8. The van der Waals surface area contributed by atoms with Crippen LogP contribution in [-0.2, 0) is 11.8 Å². The Morgan fingerprint density at radius 3 is 2.88 bits per heavy atom. The van der Waals surface area contributed by atoms with Crippen LogP contribution in [0.3, 0.4) is 0 Å². The number of carbonyl (C=O) groups excluding carboxylic acids is 1. The second-order valence-corrected chi connectivity index (χ2v) is 5.98. The summed E-state index contributed by atoms with van der Waals surface area (Å²) in [7, 11) is 3.17. The lowest BCUT2D eigenvalue weighted by Gasteiger charge is -2.13. The molecule has 0 aromatic carbocycles. The molecule has 1 aliphatic rings. The topological polar surface area (TPSA) is 121 Å². The second-order valence-electron chi connectivity index (χ2n) is 5.98. The minimum absolute atomic E-state index is 0.0215. The summed E-state index contributed by atoms with van der Waals surface area (Å²) in [5, 5.41) is 3.31. The van der Waals surface area contributed by atoms with E-state index in [1.807, 2.05) is 11.6 Å². The van der Waals surface area contributed by atoms with E-state index in [4.69, 9.17) is 10.5 Å². The van der Waals surface area contributed by atoms with Gasteiger partial charge in [0.25, 0.3) is 0 Å². The number of nitrogens with two attached hydrogens (primary N) is 1. The Balaban J connectivity index is 1.95. The highest BCUT2D eigenvalue weighted by Gasteiger charge is 2.27. The Labute approximate surface area is 143 Å². The molecule has 0 amide bonds. The second kappa shape index (κ2) is 5.69. The van der Waals surface area contributed by atoms with Crippen molar-refractivity contribution >= 4 is 28.6 Å². The molecule has 3 N–H and O–H groups in total. The van der Waals surface area contributed by atoms with E-state index in [1.165, 1.54) is 7.11 Å². The number of esters is 1. The number of fused-ring (bicyclic) bond motifs is 1. The molecule has 1 saturated carbocycles. The maximum atomic E-state index is 12.0. The number of rotatable bonds is 4. The van der Waals surface area contributed by atoms with Crippen molar-refractivity contribution in [3.05, 3.63) is 24.4 Å². The van der Waals surface area contributed by atoms with Gasteiger partial charge >= 0.3 is 5.97 Å². The molecule has 0 spiro atoms. The lowest BCUT2D eigenvalue weighted by molar-refractivity contribution is 0.0595. The van der Waals surface area contributed by atoms with E-state index in [2.05, 4.69) is 25.3 Å². The number of pyridine rings is 1. The molecule has 0 saturated heterocycles. The zero-order valence-corrected chi connectivity index (χ0v) is 13.9. The molecule has 9 nitrogen and oxygen atoms in total. The number of hydrogen-bond donors (Lipinski definition) is 2. The van der Waals surface area contributed by atoms with Crippen LogP contribution in [0.4, 0.5) is 11.6 Å². The molecule has 0 aliphatic heterocycles. The fourth-order valence-corrected chi connectivity index (χ4v) is 2.62. The monoisotopic (exact) mass is 339 g/mol. The minimum atomic E-state index is -0.634. The SMILES string of the molecule is COC(=O)c1nc(-c2cncc3c2ncn3C)c(NC2CC2)nc1N. The van der Waals surface area contributed by atoms with Crippen LogP contribution in [0.25, 0.3) is 22.3 Å². The standard InChI is InChI=1S/C16H17N7O2/c1-23-7-19-11-9(5-18-6-10(11)23)12-15(20-8-3-4-8)22-14(17)13(21-12)16(24)25-2/h5-8H,3-4H2,1-2H3,(H3,17,20,22). The molecule has 25 heavy (non-hydrogen) atoms. The number of nitrogens with one attached hydrogen (secondary N) is 1. The van der Waals surface area contributed by atoms with Crippen LogP contribution < -0.4 is 11.1 Å². The first-order chi connectivity index (χ1) is 12.1. The first-order valence-corrected chi connectivity index (χ1v) is 7.86. The van der Waals surface area contributed by atoms with Gasteiger partial charge in [-0.25, -0.2) is 19.7 Å². The number of methoxy groups -OCH3 is 1. The van der Waals surface area contributed by atoms with Crippen molar-refractivity contribution in [1.29, 1.82) is 0 Å². The van der Waals surface area contributed by atoms with E-state index < -0.39 is 5.97 Å². The summed E-state index contributed by atoms with van der Waals surface area (Å²) in [4.78, 5) is 29.5. The molecule has 0 bridgehead atoms. The van der Waals surface area contributed by atoms with Gasteiger partial charge in [-0.3, -0.25) is 4.98 Å². The Morgan fingerprint density at radius 1 is 1.36 bits per heavy atom. The highest BCUT2D eigenvalue weighted by Crippen LogP contribution is 2.34.